The third-order valence-electron chi connectivity index (χ3n) is 5.67. The number of carbonyl (C=O) groups excluding carboxylic acids is 2. The second kappa shape index (κ2) is 8.81. The molecule has 7 heteroatoms. The molecule has 0 saturated carbocycles. The number of ether oxygens (including phenoxy) is 1. The van der Waals surface area contributed by atoms with Crippen molar-refractivity contribution in [2.75, 3.05) is 23.4 Å². The standard InChI is InChI=1S/C24H26N2O5/c1-2-3-14-31-24(30)16-9-11-17(12-10-16)25-22(28)19-21(27)18-8-4-6-15-7-5-13-26(20(15)18)23(19)29/h4,6,8-12,21,27,29H,2-3,5,7,13-14H2,1H3,(H,25,28)/t21-/m1/s1. The molecule has 2 aliphatic rings. The van der Waals surface area contributed by atoms with Crippen LogP contribution in [-0.2, 0) is 16.0 Å². The lowest BCUT2D eigenvalue weighted by molar-refractivity contribution is -0.114. The van der Waals surface area contributed by atoms with Gasteiger partial charge in [0, 0.05) is 17.8 Å². The summed E-state index contributed by atoms with van der Waals surface area (Å²) in [4.78, 5) is 26.7. The van der Waals surface area contributed by atoms with Crippen LogP contribution in [0.1, 0.15) is 53.8 Å². The Balaban J connectivity index is 1.52. The van der Waals surface area contributed by atoms with Gasteiger partial charge in [-0.15, -0.1) is 0 Å². The number of para-hydroxylation sites is 1. The van der Waals surface area contributed by atoms with Crippen LogP contribution in [0, 0.1) is 0 Å². The molecule has 3 N–H and O–H groups in total. The fourth-order valence-corrected chi connectivity index (χ4v) is 4.04. The molecule has 1 amide bonds. The van der Waals surface area contributed by atoms with Crippen molar-refractivity contribution >= 4 is 23.3 Å². The van der Waals surface area contributed by atoms with Gasteiger partial charge in [0.05, 0.1) is 17.9 Å². The average Bonchev–Trinajstić information content (AvgIpc) is 2.78. The van der Waals surface area contributed by atoms with Crippen LogP contribution in [0.3, 0.4) is 0 Å². The fourth-order valence-electron chi connectivity index (χ4n) is 4.04. The van der Waals surface area contributed by atoms with Gasteiger partial charge in [0.1, 0.15) is 11.7 Å². The second-order valence-electron chi connectivity index (χ2n) is 7.77. The van der Waals surface area contributed by atoms with Crippen molar-refractivity contribution in [1.82, 2.24) is 0 Å². The van der Waals surface area contributed by atoms with Crippen molar-refractivity contribution in [2.24, 2.45) is 0 Å². The number of nitrogens with zero attached hydrogens (tertiary/aromatic N) is 1. The summed E-state index contributed by atoms with van der Waals surface area (Å²) in [5.41, 5.74) is 3.21. The SMILES string of the molecule is CCCCOC(=O)c1ccc(NC(=O)C2=C(O)N3CCCc4cccc(c43)[C@H]2O)cc1. The number of aliphatic hydroxyl groups excluding tert-OH is 2. The number of nitrogens with one attached hydrogen (secondary N) is 1. The first-order valence-corrected chi connectivity index (χ1v) is 10.6. The largest absolute Gasteiger partial charge is 0.494 e. The van der Waals surface area contributed by atoms with Crippen LogP contribution in [0.2, 0.25) is 0 Å². The molecular weight excluding hydrogens is 396 g/mol. The number of anilines is 2. The van der Waals surface area contributed by atoms with Gasteiger partial charge in [-0.05, 0) is 49.1 Å². The third kappa shape index (κ3) is 4.01. The number of aryl methyl sites for hydroxylation is 1. The summed E-state index contributed by atoms with van der Waals surface area (Å²) in [7, 11) is 0. The van der Waals surface area contributed by atoms with Gasteiger partial charge in [-0.25, -0.2) is 4.79 Å². The van der Waals surface area contributed by atoms with Crippen molar-refractivity contribution in [1.29, 1.82) is 0 Å². The first-order valence-electron chi connectivity index (χ1n) is 10.6. The molecule has 0 spiro atoms. The van der Waals surface area contributed by atoms with Crippen LogP contribution in [0.4, 0.5) is 11.4 Å². The van der Waals surface area contributed by atoms with E-state index < -0.39 is 18.0 Å². The molecule has 2 heterocycles. The van der Waals surface area contributed by atoms with Crippen LogP contribution in [0.15, 0.2) is 53.9 Å². The van der Waals surface area contributed by atoms with E-state index in [1.54, 1.807) is 35.2 Å². The first kappa shape index (κ1) is 20.9. The molecule has 2 aromatic carbocycles. The van der Waals surface area contributed by atoms with Crippen molar-refractivity contribution in [3.8, 4) is 0 Å². The summed E-state index contributed by atoms with van der Waals surface area (Å²) in [5, 5.41) is 24.4. The van der Waals surface area contributed by atoms with E-state index in [0.717, 1.165) is 36.9 Å². The highest BCUT2D eigenvalue weighted by Gasteiger charge is 2.38. The minimum Gasteiger partial charge on any atom is -0.494 e. The topological polar surface area (TPSA) is 99.1 Å². The smallest absolute Gasteiger partial charge is 0.338 e. The van der Waals surface area contributed by atoms with Gasteiger partial charge in [0.25, 0.3) is 5.91 Å². The highest BCUT2D eigenvalue weighted by atomic mass is 16.5. The molecule has 0 fully saturated rings. The maximum Gasteiger partial charge on any atom is 0.338 e. The molecule has 0 unspecified atom stereocenters. The van der Waals surface area contributed by atoms with Crippen molar-refractivity contribution in [2.45, 2.75) is 38.7 Å². The molecule has 0 bridgehead atoms. The van der Waals surface area contributed by atoms with E-state index in [0.29, 0.717) is 30.0 Å². The Morgan fingerprint density at radius 2 is 1.97 bits per heavy atom. The summed E-state index contributed by atoms with van der Waals surface area (Å²) in [6, 6.07) is 11.9. The third-order valence-corrected chi connectivity index (χ3v) is 5.67. The second-order valence-corrected chi connectivity index (χ2v) is 7.77. The Hall–Kier alpha value is -3.32. The fraction of sp³-hybridized carbons (Fsp3) is 0.333. The first-order chi connectivity index (χ1) is 15.0. The quantitative estimate of drug-likeness (QED) is 0.483. The highest BCUT2D eigenvalue weighted by Crippen LogP contribution is 2.43. The summed E-state index contributed by atoms with van der Waals surface area (Å²) >= 11 is 0. The molecule has 0 aromatic heterocycles. The van der Waals surface area contributed by atoms with E-state index in [9.17, 15) is 19.8 Å². The van der Waals surface area contributed by atoms with Gasteiger partial charge >= 0.3 is 5.97 Å². The maximum atomic E-state index is 12.9. The number of esters is 1. The molecule has 31 heavy (non-hydrogen) atoms. The molecule has 2 aromatic rings. The Kier molecular flexibility index (Phi) is 5.95. The summed E-state index contributed by atoms with van der Waals surface area (Å²) in [6.45, 7) is 2.97. The lowest BCUT2D eigenvalue weighted by Crippen LogP contribution is -2.37. The number of benzene rings is 2. The summed E-state index contributed by atoms with van der Waals surface area (Å²) in [6.07, 6.45) is 2.24. The van der Waals surface area contributed by atoms with Crippen molar-refractivity contribution in [3.05, 3.63) is 70.6 Å². The van der Waals surface area contributed by atoms with Gasteiger partial charge < -0.3 is 25.2 Å². The van der Waals surface area contributed by atoms with E-state index >= 15 is 0 Å². The minimum atomic E-state index is -1.22. The van der Waals surface area contributed by atoms with Crippen LogP contribution in [0.5, 0.6) is 0 Å². The molecule has 7 nitrogen and oxygen atoms in total. The molecule has 162 valence electrons. The zero-order chi connectivity index (χ0) is 22.0. The van der Waals surface area contributed by atoms with Crippen LogP contribution in [0.25, 0.3) is 0 Å². The maximum absolute atomic E-state index is 12.9. The number of hydrogen-bond acceptors (Lipinski definition) is 6. The predicted octanol–water partition coefficient (Wildman–Crippen LogP) is 3.85. The number of carbonyl (C=O) groups is 2. The summed E-state index contributed by atoms with van der Waals surface area (Å²) < 4.78 is 5.18. The van der Waals surface area contributed by atoms with E-state index in [4.69, 9.17) is 4.74 Å². The Morgan fingerprint density at radius 1 is 1.19 bits per heavy atom. The minimum absolute atomic E-state index is 0.0883. The van der Waals surface area contributed by atoms with Gasteiger partial charge in [-0.1, -0.05) is 31.5 Å². The highest BCUT2D eigenvalue weighted by molar-refractivity contribution is 6.06. The van der Waals surface area contributed by atoms with E-state index in [-0.39, 0.29) is 11.5 Å². The Morgan fingerprint density at radius 3 is 2.71 bits per heavy atom. The molecule has 0 saturated heterocycles. The Labute approximate surface area is 181 Å². The van der Waals surface area contributed by atoms with Crippen LogP contribution >= 0.6 is 0 Å². The predicted molar refractivity (Wildman–Crippen MR) is 117 cm³/mol. The van der Waals surface area contributed by atoms with Crippen molar-refractivity contribution in [3.63, 3.8) is 0 Å². The van der Waals surface area contributed by atoms with Crippen LogP contribution in [-0.4, -0.2) is 35.2 Å². The normalized spacial score (nSPS) is 17.2. The molecule has 0 radical (unpaired) electrons. The average molecular weight is 422 g/mol. The molecular formula is C24H26N2O5. The zero-order valence-corrected chi connectivity index (χ0v) is 17.4. The zero-order valence-electron chi connectivity index (χ0n) is 17.4. The van der Waals surface area contributed by atoms with Crippen molar-refractivity contribution < 1.29 is 24.5 Å². The van der Waals surface area contributed by atoms with Gasteiger partial charge in [0.2, 0.25) is 5.88 Å². The van der Waals surface area contributed by atoms with Gasteiger partial charge in [0.15, 0.2) is 0 Å². The molecule has 4 rings (SSSR count). The monoisotopic (exact) mass is 422 g/mol. The van der Waals surface area contributed by atoms with Gasteiger partial charge in [-0.3, -0.25) is 4.79 Å². The van der Waals surface area contributed by atoms with E-state index in [1.807, 2.05) is 19.1 Å². The number of unbranched alkanes of at least 4 members (excludes halogenated alkanes) is 1. The van der Waals surface area contributed by atoms with E-state index in [2.05, 4.69) is 5.32 Å². The molecule has 1 atom stereocenters. The lowest BCUT2D eigenvalue weighted by Gasteiger charge is -2.38. The number of hydrogen-bond donors (Lipinski definition) is 3. The van der Waals surface area contributed by atoms with E-state index in [1.165, 1.54) is 0 Å². The number of aliphatic hydroxyl groups is 2. The Bertz CT molecular complexity index is 1030. The number of rotatable bonds is 6. The molecule has 2 aliphatic heterocycles. The van der Waals surface area contributed by atoms with Gasteiger partial charge in [-0.2, -0.15) is 0 Å². The molecule has 0 aliphatic carbocycles. The van der Waals surface area contributed by atoms with Crippen LogP contribution < -0.4 is 10.2 Å². The summed E-state index contributed by atoms with van der Waals surface area (Å²) in [5.74, 6) is -1.22. The lowest BCUT2D eigenvalue weighted by atomic mass is 9.88. The number of amides is 1.